The van der Waals surface area contributed by atoms with Crippen LogP contribution in [0.15, 0.2) is 22.2 Å². The first-order valence-corrected chi connectivity index (χ1v) is 7.24. The second-order valence-electron chi connectivity index (χ2n) is 4.48. The standard InChI is InChI=1S/C12H17N3O3S/c1-2-9(6-16)14-11(18)8-5-15-10(17)3-4-13-12(15)19-7-8/h3-4,8-9,16H,2,5-7H2,1H3,(H,14,18). The fourth-order valence-corrected chi connectivity index (χ4v) is 2.97. The van der Waals surface area contributed by atoms with E-state index in [9.17, 15) is 9.59 Å². The summed E-state index contributed by atoms with van der Waals surface area (Å²) >= 11 is 1.41. The van der Waals surface area contributed by atoms with Gasteiger partial charge >= 0.3 is 0 Å². The van der Waals surface area contributed by atoms with Crippen LogP contribution in [0.3, 0.4) is 0 Å². The number of nitrogens with one attached hydrogen (secondary N) is 1. The topological polar surface area (TPSA) is 84.2 Å². The molecule has 1 aliphatic heterocycles. The van der Waals surface area contributed by atoms with Crippen LogP contribution in [0.1, 0.15) is 13.3 Å². The molecule has 2 atom stereocenters. The number of aromatic nitrogens is 2. The molecule has 104 valence electrons. The molecule has 0 radical (unpaired) electrons. The Kier molecular flexibility index (Phi) is 4.60. The van der Waals surface area contributed by atoms with Gasteiger partial charge in [-0.15, -0.1) is 0 Å². The lowest BCUT2D eigenvalue weighted by Crippen LogP contribution is -2.44. The van der Waals surface area contributed by atoms with E-state index < -0.39 is 0 Å². The van der Waals surface area contributed by atoms with E-state index in [0.717, 1.165) is 0 Å². The van der Waals surface area contributed by atoms with Crippen LogP contribution in [0, 0.1) is 5.92 Å². The highest BCUT2D eigenvalue weighted by atomic mass is 32.2. The zero-order valence-electron chi connectivity index (χ0n) is 10.7. The summed E-state index contributed by atoms with van der Waals surface area (Å²) in [6, 6.07) is 1.18. The number of amides is 1. The molecule has 1 aliphatic rings. The number of carbonyl (C=O) groups is 1. The Morgan fingerprint density at radius 1 is 1.74 bits per heavy atom. The minimum Gasteiger partial charge on any atom is -0.394 e. The van der Waals surface area contributed by atoms with Crippen molar-refractivity contribution in [1.82, 2.24) is 14.9 Å². The number of thioether (sulfide) groups is 1. The molecule has 1 aromatic rings. The van der Waals surface area contributed by atoms with Gasteiger partial charge in [-0.05, 0) is 6.42 Å². The van der Waals surface area contributed by atoms with E-state index in [4.69, 9.17) is 5.11 Å². The van der Waals surface area contributed by atoms with Crippen molar-refractivity contribution >= 4 is 17.7 Å². The van der Waals surface area contributed by atoms with Crippen LogP contribution < -0.4 is 10.9 Å². The Morgan fingerprint density at radius 2 is 2.53 bits per heavy atom. The second kappa shape index (κ2) is 6.21. The van der Waals surface area contributed by atoms with E-state index in [2.05, 4.69) is 10.3 Å². The van der Waals surface area contributed by atoms with Crippen LogP contribution in [-0.4, -0.2) is 39.0 Å². The van der Waals surface area contributed by atoms with E-state index in [-0.39, 0.29) is 30.0 Å². The summed E-state index contributed by atoms with van der Waals surface area (Å²) in [6.45, 7) is 2.18. The van der Waals surface area contributed by atoms with Gasteiger partial charge in [0.2, 0.25) is 5.91 Å². The first kappa shape index (κ1) is 14.1. The molecule has 2 N–H and O–H groups in total. The Morgan fingerprint density at radius 3 is 3.21 bits per heavy atom. The molecular weight excluding hydrogens is 266 g/mol. The minimum atomic E-state index is -0.264. The van der Waals surface area contributed by atoms with Crippen LogP contribution in [0.2, 0.25) is 0 Å². The first-order chi connectivity index (χ1) is 9.15. The number of fused-ring (bicyclic) bond motifs is 1. The van der Waals surface area contributed by atoms with Crippen molar-refractivity contribution in [1.29, 1.82) is 0 Å². The van der Waals surface area contributed by atoms with Gasteiger partial charge in [0, 0.05) is 24.6 Å². The maximum atomic E-state index is 12.1. The van der Waals surface area contributed by atoms with Gasteiger partial charge < -0.3 is 10.4 Å². The lowest BCUT2D eigenvalue weighted by molar-refractivity contribution is -0.125. The maximum absolute atomic E-state index is 12.1. The molecule has 0 fully saturated rings. The van der Waals surface area contributed by atoms with Gasteiger partial charge in [-0.3, -0.25) is 14.2 Å². The predicted molar refractivity (Wildman–Crippen MR) is 72.0 cm³/mol. The number of hydrogen-bond acceptors (Lipinski definition) is 5. The Balaban J connectivity index is 2.07. The van der Waals surface area contributed by atoms with Gasteiger partial charge in [0.25, 0.3) is 5.56 Å². The maximum Gasteiger partial charge on any atom is 0.254 e. The highest BCUT2D eigenvalue weighted by Gasteiger charge is 2.27. The summed E-state index contributed by atoms with van der Waals surface area (Å²) in [4.78, 5) is 27.9. The van der Waals surface area contributed by atoms with Crippen LogP contribution >= 0.6 is 11.8 Å². The fourth-order valence-electron chi connectivity index (χ4n) is 1.90. The zero-order valence-corrected chi connectivity index (χ0v) is 11.5. The smallest absolute Gasteiger partial charge is 0.254 e. The molecule has 6 nitrogen and oxygen atoms in total. The van der Waals surface area contributed by atoms with E-state index in [1.165, 1.54) is 28.6 Å². The van der Waals surface area contributed by atoms with E-state index >= 15 is 0 Å². The van der Waals surface area contributed by atoms with Crippen molar-refractivity contribution in [3.8, 4) is 0 Å². The number of carbonyl (C=O) groups excluding carboxylic acids is 1. The van der Waals surface area contributed by atoms with Gasteiger partial charge in [0.05, 0.1) is 18.6 Å². The molecule has 19 heavy (non-hydrogen) atoms. The summed E-state index contributed by atoms with van der Waals surface area (Å²) < 4.78 is 1.53. The van der Waals surface area contributed by atoms with Gasteiger partial charge in [-0.25, -0.2) is 4.98 Å². The number of aliphatic hydroxyl groups is 1. The Bertz CT molecular complexity index is 513. The molecule has 2 unspecified atom stereocenters. The van der Waals surface area contributed by atoms with E-state index in [1.807, 2.05) is 6.92 Å². The number of hydrogen-bond donors (Lipinski definition) is 2. The third kappa shape index (κ3) is 3.16. The van der Waals surface area contributed by atoms with Gasteiger partial charge in [0.15, 0.2) is 5.16 Å². The third-order valence-corrected chi connectivity index (χ3v) is 4.30. The van der Waals surface area contributed by atoms with Crippen molar-refractivity contribution in [2.75, 3.05) is 12.4 Å². The number of aliphatic hydroxyl groups excluding tert-OH is 1. The monoisotopic (exact) mass is 283 g/mol. The van der Waals surface area contributed by atoms with Crippen LogP contribution in [0.25, 0.3) is 0 Å². The Labute approximate surface area is 115 Å². The summed E-state index contributed by atoms with van der Waals surface area (Å²) in [6.07, 6.45) is 2.17. The average Bonchev–Trinajstić information content (AvgIpc) is 2.44. The average molecular weight is 283 g/mol. The SMILES string of the molecule is CCC(CO)NC(=O)C1CSc2nccc(=O)n2C1. The largest absolute Gasteiger partial charge is 0.394 e. The number of rotatable bonds is 4. The number of nitrogens with zero attached hydrogens (tertiary/aromatic N) is 2. The zero-order chi connectivity index (χ0) is 13.8. The van der Waals surface area contributed by atoms with Gasteiger partial charge in [-0.2, -0.15) is 0 Å². The molecule has 1 amide bonds. The molecule has 0 bridgehead atoms. The van der Waals surface area contributed by atoms with E-state index in [0.29, 0.717) is 23.9 Å². The second-order valence-corrected chi connectivity index (χ2v) is 5.47. The fraction of sp³-hybridized carbons (Fsp3) is 0.583. The van der Waals surface area contributed by atoms with E-state index in [1.54, 1.807) is 0 Å². The summed E-state index contributed by atoms with van der Waals surface area (Å²) in [5.74, 6) is 0.222. The minimum absolute atomic E-state index is 0.0693. The normalized spacial score (nSPS) is 19.6. The quantitative estimate of drug-likeness (QED) is 0.751. The molecule has 7 heteroatoms. The third-order valence-electron chi connectivity index (χ3n) is 3.15. The van der Waals surface area contributed by atoms with Crippen molar-refractivity contribution in [2.45, 2.75) is 31.1 Å². The molecule has 0 aromatic carbocycles. The first-order valence-electron chi connectivity index (χ1n) is 6.25. The van der Waals surface area contributed by atoms with Crippen LogP contribution in [-0.2, 0) is 11.3 Å². The summed E-state index contributed by atoms with van der Waals surface area (Å²) in [7, 11) is 0. The summed E-state index contributed by atoms with van der Waals surface area (Å²) in [5, 5.41) is 12.5. The molecular formula is C12H17N3O3S. The highest BCUT2D eigenvalue weighted by Crippen LogP contribution is 2.24. The van der Waals surface area contributed by atoms with Crippen molar-refractivity contribution in [3.05, 3.63) is 22.6 Å². The van der Waals surface area contributed by atoms with Crippen LogP contribution in [0.4, 0.5) is 0 Å². The Hall–Kier alpha value is -1.34. The highest BCUT2D eigenvalue weighted by molar-refractivity contribution is 7.99. The van der Waals surface area contributed by atoms with Gasteiger partial charge in [0.1, 0.15) is 0 Å². The molecule has 1 aromatic heterocycles. The van der Waals surface area contributed by atoms with Crippen molar-refractivity contribution in [3.63, 3.8) is 0 Å². The lowest BCUT2D eigenvalue weighted by Gasteiger charge is -2.25. The van der Waals surface area contributed by atoms with Crippen LogP contribution in [0.5, 0.6) is 0 Å². The molecule has 0 saturated heterocycles. The van der Waals surface area contributed by atoms with Crippen molar-refractivity contribution in [2.24, 2.45) is 5.92 Å². The molecule has 0 saturated carbocycles. The van der Waals surface area contributed by atoms with Gasteiger partial charge in [-0.1, -0.05) is 18.7 Å². The molecule has 0 spiro atoms. The summed E-state index contributed by atoms with van der Waals surface area (Å²) in [5.41, 5.74) is -0.135. The molecule has 0 aliphatic carbocycles. The lowest BCUT2D eigenvalue weighted by atomic mass is 10.1. The molecule has 2 rings (SSSR count). The predicted octanol–water partition coefficient (Wildman–Crippen LogP) is -0.148. The van der Waals surface area contributed by atoms with Crippen molar-refractivity contribution < 1.29 is 9.90 Å². The molecule has 2 heterocycles.